The maximum absolute atomic E-state index is 12.0. The van der Waals surface area contributed by atoms with E-state index in [0.717, 1.165) is 24.9 Å². The molecule has 1 aromatic carbocycles. The molecular weight excluding hydrogens is 302 g/mol. The summed E-state index contributed by atoms with van der Waals surface area (Å²) in [6.45, 7) is 2.93. The second kappa shape index (κ2) is 7.11. The normalized spacial score (nSPS) is 19.6. The predicted octanol–water partition coefficient (Wildman–Crippen LogP) is 1.79. The van der Waals surface area contributed by atoms with Crippen LogP contribution in [0.3, 0.4) is 0 Å². The topological polar surface area (TPSA) is 78.5 Å². The number of piperidine rings is 1. The van der Waals surface area contributed by atoms with Gasteiger partial charge >= 0.3 is 6.03 Å². The number of carbonyl (C=O) groups excluding carboxylic acids is 1. The van der Waals surface area contributed by atoms with Crippen molar-refractivity contribution in [2.45, 2.75) is 32.2 Å². The van der Waals surface area contributed by atoms with Gasteiger partial charge in [-0.3, -0.25) is 0 Å². The molecule has 1 aliphatic heterocycles. The standard InChI is InChI=1S/C15H23N3O3S/c1-3-12-6-8-13(9-7-12)16-15(19)17-14-5-4-10-18(11-14)22(2,20)21/h6-9,14H,3-5,10-11H2,1-2H3,(H2,16,17,19). The highest BCUT2D eigenvalue weighted by atomic mass is 32.2. The number of hydrogen-bond donors (Lipinski definition) is 2. The molecule has 0 radical (unpaired) electrons. The van der Waals surface area contributed by atoms with Crippen molar-refractivity contribution >= 4 is 21.7 Å². The fraction of sp³-hybridized carbons (Fsp3) is 0.533. The Kier molecular flexibility index (Phi) is 5.42. The van der Waals surface area contributed by atoms with Crippen LogP contribution in [0.4, 0.5) is 10.5 Å². The molecule has 1 fully saturated rings. The van der Waals surface area contributed by atoms with Crippen molar-refractivity contribution in [3.05, 3.63) is 29.8 Å². The molecule has 22 heavy (non-hydrogen) atoms. The first kappa shape index (κ1) is 16.8. The van der Waals surface area contributed by atoms with Crippen molar-refractivity contribution in [3.8, 4) is 0 Å². The van der Waals surface area contributed by atoms with Crippen molar-refractivity contribution in [3.63, 3.8) is 0 Å². The molecule has 7 heteroatoms. The lowest BCUT2D eigenvalue weighted by Crippen LogP contribution is -2.50. The molecule has 1 atom stereocenters. The van der Waals surface area contributed by atoms with Gasteiger partial charge in [-0.1, -0.05) is 19.1 Å². The maximum Gasteiger partial charge on any atom is 0.319 e. The summed E-state index contributed by atoms with van der Waals surface area (Å²) in [5.41, 5.74) is 1.94. The van der Waals surface area contributed by atoms with Crippen molar-refractivity contribution in [2.24, 2.45) is 0 Å². The van der Waals surface area contributed by atoms with Crippen LogP contribution in [0.15, 0.2) is 24.3 Å². The van der Waals surface area contributed by atoms with E-state index < -0.39 is 10.0 Å². The van der Waals surface area contributed by atoms with E-state index in [1.807, 2.05) is 24.3 Å². The van der Waals surface area contributed by atoms with Gasteiger partial charge in [0.15, 0.2) is 0 Å². The lowest BCUT2D eigenvalue weighted by atomic mass is 10.1. The van der Waals surface area contributed by atoms with Crippen LogP contribution >= 0.6 is 0 Å². The van der Waals surface area contributed by atoms with Gasteiger partial charge < -0.3 is 10.6 Å². The molecule has 2 rings (SSSR count). The summed E-state index contributed by atoms with van der Waals surface area (Å²) in [4.78, 5) is 12.0. The van der Waals surface area contributed by atoms with E-state index in [0.29, 0.717) is 13.1 Å². The van der Waals surface area contributed by atoms with Crippen molar-refractivity contribution < 1.29 is 13.2 Å². The molecular formula is C15H23N3O3S. The molecule has 1 heterocycles. The monoisotopic (exact) mass is 325 g/mol. The second-order valence-electron chi connectivity index (χ2n) is 5.61. The maximum atomic E-state index is 12.0. The summed E-state index contributed by atoms with van der Waals surface area (Å²) in [5.74, 6) is 0. The van der Waals surface area contributed by atoms with E-state index in [1.165, 1.54) is 16.1 Å². The van der Waals surface area contributed by atoms with Crippen LogP contribution in [0.25, 0.3) is 0 Å². The molecule has 1 unspecified atom stereocenters. The molecule has 0 bridgehead atoms. The molecule has 2 amide bonds. The highest BCUT2D eigenvalue weighted by Crippen LogP contribution is 2.14. The van der Waals surface area contributed by atoms with Crippen LogP contribution in [0.1, 0.15) is 25.3 Å². The zero-order valence-electron chi connectivity index (χ0n) is 13.0. The molecule has 0 aliphatic carbocycles. The van der Waals surface area contributed by atoms with Gasteiger partial charge in [-0.15, -0.1) is 0 Å². The number of hydrogen-bond acceptors (Lipinski definition) is 3. The molecule has 1 saturated heterocycles. The van der Waals surface area contributed by atoms with Gasteiger partial charge in [-0.05, 0) is 37.0 Å². The Balaban J connectivity index is 1.88. The molecule has 2 N–H and O–H groups in total. The minimum atomic E-state index is -3.20. The third kappa shape index (κ3) is 4.71. The van der Waals surface area contributed by atoms with E-state index in [2.05, 4.69) is 17.6 Å². The van der Waals surface area contributed by atoms with Gasteiger partial charge in [-0.25, -0.2) is 17.5 Å². The van der Waals surface area contributed by atoms with Gasteiger partial charge in [0.1, 0.15) is 0 Å². The van der Waals surface area contributed by atoms with Gasteiger partial charge in [0.2, 0.25) is 10.0 Å². The SMILES string of the molecule is CCc1ccc(NC(=O)NC2CCCN(S(C)(=O)=O)C2)cc1. The van der Waals surface area contributed by atoms with Gasteiger partial charge in [0, 0.05) is 24.8 Å². The lowest BCUT2D eigenvalue weighted by molar-refractivity contribution is 0.236. The fourth-order valence-corrected chi connectivity index (χ4v) is 3.45. The molecule has 0 aromatic heterocycles. The zero-order valence-corrected chi connectivity index (χ0v) is 13.8. The molecule has 122 valence electrons. The zero-order chi connectivity index (χ0) is 16.2. The Hall–Kier alpha value is -1.60. The summed E-state index contributed by atoms with van der Waals surface area (Å²) < 4.78 is 24.5. The summed E-state index contributed by atoms with van der Waals surface area (Å²) >= 11 is 0. The first-order chi connectivity index (χ1) is 10.4. The van der Waals surface area contributed by atoms with E-state index in [1.54, 1.807) is 0 Å². The van der Waals surface area contributed by atoms with E-state index in [-0.39, 0.29) is 12.1 Å². The number of anilines is 1. The molecule has 1 aliphatic rings. The molecule has 6 nitrogen and oxygen atoms in total. The number of benzene rings is 1. The van der Waals surface area contributed by atoms with Crippen molar-refractivity contribution in [1.82, 2.24) is 9.62 Å². The fourth-order valence-electron chi connectivity index (χ4n) is 2.54. The van der Waals surface area contributed by atoms with Gasteiger partial charge in [0.25, 0.3) is 0 Å². The summed E-state index contributed by atoms with van der Waals surface area (Å²) in [6.07, 6.45) is 3.69. The average molecular weight is 325 g/mol. The van der Waals surface area contributed by atoms with Crippen LogP contribution in [0.5, 0.6) is 0 Å². The quantitative estimate of drug-likeness (QED) is 0.886. The molecule has 1 aromatic rings. The predicted molar refractivity (Wildman–Crippen MR) is 87.4 cm³/mol. The van der Waals surface area contributed by atoms with E-state index in [4.69, 9.17) is 0 Å². The Morgan fingerprint density at radius 1 is 1.32 bits per heavy atom. The number of nitrogens with one attached hydrogen (secondary N) is 2. The van der Waals surface area contributed by atoms with Crippen LogP contribution in [-0.2, 0) is 16.4 Å². The van der Waals surface area contributed by atoms with Crippen LogP contribution in [0.2, 0.25) is 0 Å². The summed E-state index contributed by atoms with van der Waals surface area (Å²) in [5, 5.41) is 5.62. The van der Waals surface area contributed by atoms with E-state index >= 15 is 0 Å². The van der Waals surface area contributed by atoms with Crippen molar-refractivity contribution in [2.75, 3.05) is 24.7 Å². The number of sulfonamides is 1. The minimum Gasteiger partial charge on any atom is -0.334 e. The first-order valence-corrected chi connectivity index (χ1v) is 9.35. The average Bonchev–Trinajstić information content (AvgIpc) is 2.47. The van der Waals surface area contributed by atoms with Crippen molar-refractivity contribution in [1.29, 1.82) is 0 Å². The smallest absolute Gasteiger partial charge is 0.319 e. The Morgan fingerprint density at radius 3 is 2.59 bits per heavy atom. The number of carbonyl (C=O) groups is 1. The number of aryl methyl sites for hydroxylation is 1. The third-order valence-corrected chi connectivity index (χ3v) is 5.08. The molecule has 0 spiro atoms. The Morgan fingerprint density at radius 2 is 2.00 bits per heavy atom. The third-order valence-electron chi connectivity index (χ3n) is 3.81. The highest BCUT2D eigenvalue weighted by molar-refractivity contribution is 7.88. The lowest BCUT2D eigenvalue weighted by Gasteiger charge is -2.31. The van der Waals surface area contributed by atoms with Crippen LogP contribution in [-0.4, -0.2) is 44.1 Å². The number of nitrogens with zero attached hydrogens (tertiary/aromatic N) is 1. The number of amides is 2. The molecule has 0 saturated carbocycles. The van der Waals surface area contributed by atoms with E-state index in [9.17, 15) is 13.2 Å². The second-order valence-corrected chi connectivity index (χ2v) is 7.59. The van der Waals surface area contributed by atoms with Gasteiger partial charge in [-0.2, -0.15) is 0 Å². The summed E-state index contributed by atoms with van der Waals surface area (Å²) in [7, 11) is -3.20. The van der Waals surface area contributed by atoms with Crippen LogP contribution in [0, 0.1) is 0 Å². The minimum absolute atomic E-state index is 0.154. The number of urea groups is 1. The Labute approximate surface area is 131 Å². The Bertz CT molecular complexity index is 613. The number of rotatable bonds is 4. The summed E-state index contributed by atoms with van der Waals surface area (Å²) in [6, 6.07) is 7.22. The van der Waals surface area contributed by atoms with Gasteiger partial charge in [0.05, 0.1) is 6.26 Å². The highest BCUT2D eigenvalue weighted by Gasteiger charge is 2.26. The largest absolute Gasteiger partial charge is 0.334 e. The van der Waals surface area contributed by atoms with Crippen LogP contribution < -0.4 is 10.6 Å². The first-order valence-electron chi connectivity index (χ1n) is 7.50.